The van der Waals surface area contributed by atoms with Gasteiger partial charge in [-0.05, 0) is 0 Å². The van der Waals surface area contributed by atoms with Crippen LogP contribution in [0, 0.1) is 0 Å². The van der Waals surface area contributed by atoms with E-state index in [9.17, 15) is 0 Å². The number of aromatic nitrogens is 2. The molecule has 2 nitrogen and oxygen atoms in total. The van der Waals surface area contributed by atoms with E-state index in [1.165, 1.54) is 16.7 Å². The molecule has 0 aromatic carbocycles. The fourth-order valence-corrected chi connectivity index (χ4v) is 1.19. The molecule has 0 unspecified atom stereocenters. The molecule has 0 fully saturated rings. The van der Waals surface area contributed by atoms with Crippen LogP contribution in [0.1, 0.15) is 5.01 Å². The quantitative estimate of drug-likeness (QED) is 0.496. The Labute approximate surface area is 61.4 Å². The molecule has 0 radical (unpaired) electrons. The minimum absolute atomic E-state index is 0.654. The maximum atomic E-state index is 4.58. The van der Waals surface area contributed by atoms with Crippen LogP contribution in [0.2, 0.25) is 0 Å². The van der Waals surface area contributed by atoms with E-state index >= 15 is 0 Å². The van der Waals surface area contributed by atoms with E-state index in [0.29, 0.717) is 4.34 Å². The maximum absolute atomic E-state index is 4.58. The van der Waals surface area contributed by atoms with Crippen LogP contribution in [0.15, 0.2) is 4.34 Å². The van der Waals surface area contributed by atoms with E-state index in [-0.39, 0.29) is 0 Å². The highest BCUT2D eigenvalue weighted by Gasteiger charge is 1.92. The first-order valence-corrected chi connectivity index (χ1v) is 3.54. The van der Waals surface area contributed by atoms with Crippen molar-refractivity contribution >= 4 is 41.6 Å². The van der Waals surface area contributed by atoms with Gasteiger partial charge in [0.2, 0.25) is 0 Å². The van der Waals surface area contributed by atoms with Crippen LogP contribution in [-0.2, 0) is 0 Å². The molecule has 0 N–H and O–H groups in total. The van der Waals surface area contributed by atoms with E-state index in [0.717, 1.165) is 5.01 Å². The summed E-state index contributed by atoms with van der Waals surface area (Å²) in [6.45, 7) is 0. The standard InChI is InChI=1S/C3H2N2S3/c6-1-2-4-5-3(7)8-2/h1H,(H,5,7). The molecular formula is C3H2N2S3. The lowest BCUT2D eigenvalue weighted by atomic mass is 10.9. The van der Waals surface area contributed by atoms with E-state index < -0.39 is 0 Å². The van der Waals surface area contributed by atoms with Gasteiger partial charge in [-0.1, -0.05) is 23.6 Å². The summed E-state index contributed by atoms with van der Waals surface area (Å²) in [6, 6.07) is 0. The molecule has 1 heterocycles. The summed E-state index contributed by atoms with van der Waals surface area (Å²) in [4.78, 5) is 0. The summed E-state index contributed by atoms with van der Waals surface area (Å²) in [7, 11) is 0. The van der Waals surface area contributed by atoms with E-state index in [4.69, 9.17) is 0 Å². The first kappa shape index (κ1) is 6.12. The van der Waals surface area contributed by atoms with Crippen molar-refractivity contribution in [3.8, 4) is 0 Å². The monoisotopic (exact) mass is 162 g/mol. The summed E-state index contributed by atoms with van der Waals surface area (Å²) in [5.74, 6) is 0. The molecule has 8 heavy (non-hydrogen) atoms. The minimum atomic E-state index is 0.654. The van der Waals surface area contributed by atoms with Crippen molar-refractivity contribution in [3.05, 3.63) is 5.01 Å². The zero-order valence-corrected chi connectivity index (χ0v) is 6.26. The molecule has 0 spiro atoms. The van der Waals surface area contributed by atoms with Gasteiger partial charge in [0, 0.05) is 5.37 Å². The molecule has 0 saturated heterocycles. The number of thiocarbonyl (C=S) groups is 1. The smallest absolute Gasteiger partial charge is 0.137 e. The summed E-state index contributed by atoms with van der Waals surface area (Å²) >= 11 is 9.89. The molecule has 0 atom stereocenters. The Bertz CT molecular complexity index is 194. The van der Waals surface area contributed by atoms with Crippen LogP contribution in [0.5, 0.6) is 0 Å². The van der Waals surface area contributed by atoms with Crippen molar-refractivity contribution in [2.75, 3.05) is 0 Å². The molecule has 1 aromatic heterocycles. The first-order valence-electron chi connectivity index (χ1n) is 1.80. The van der Waals surface area contributed by atoms with E-state index in [2.05, 4.69) is 35.0 Å². The van der Waals surface area contributed by atoms with Gasteiger partial charge in [-0.3, -0.25) is 0 Å². The summed E-state index contributed by atoms with van der Waals surface area (Å²) in [6.07, 6.45) is 0. The lowest BCUT2D eigenvalue weighted by molar-refractivity contribution is 1.01. The van der Waals surface area contributed by atoms with Gasteiger partial charge in [0.1, 0.15) is 0 Å². The SMILES string of the molecule is S=Cc1nnc(S)s1. The zero-order chi connectivity index (χ0) is 5.98. The van der Waals surface area contributed by atoms with E-state index in [1.54, 1.807) is 0 Å². The molecule has 42 valence electrons. The third-order valence-corrected chi connectivity index (χ3v) is 1.94. The van der Waals surface area contributed by atoms with Crippen molar-refractivity contribution < 1.29 is 0 Å². The third-order valence-electron chi connectivity index (χ3n) is 0.531. The van der Waals surface area contributed by atoms with Crippen molar-refractivity contribution in [3.63, 3.8) is 0 Å². The van der Waals surface area contributed by atoms with Crippen LogP contribution < -0.4 is 0 Å². The van der Waals surface area contributed by atoms with Crippen LogP contribution in [0.4, 0.5) is 0 Å². The zero-order valence-electron chi connectivity index (χ0n) is 3.74. The lowest BCUT2D eigenvalue weighted by Crippen LogP contribution is -1.72. The topological polar surface area (TPSA) is 25.8 Å². The average Bonchev–Trinajstić information content (AvgIpc) is 2.14. The normalized spacial score (nSPS) is 9.12. The van der Waals surface area contributed by atoms with E-state index in [1.807, 2.05) is 0 Å². The highest BCUT2D eigenvalue weighted by Crippen LogP contribution is 2.10. The first-order chi connectivity index (χ1) is 3.83. The molecule has 0 aliphatic heterocycles. The number of nitrogens with zero attached hydrogens (tertiary/aromatic N) is 2. The Kier molecular flexibility index (Phi) is 1.93. The van der Waals surface area contributed by atoms with Gasteiger partial charge in [-0.25, -0.2) is 0 Å². The average molecular weight is 162 g/mol. The van der Waals surface area contributed by atoms with Crippen LogP contribution in [0.25, 0.3) is 0 Å². The maximum Gasteiger partial charge on any atom is 0.171 e. The van der Waals surface area contributed by atoms with Gasteiger partial charge in [0.15, 0.2) is 9.35 Å². The van der Waals surface area contributed by atoms with Crippen LogP contribution >= 0.6 is 36.2 Å². The molecular weight excluding hydrogens is 160 g/mol. The fourth-order valence-electron chi connectivity index (χ4n) is 0.274. The lowest BCUT2D eigenvalue weighted by Gasteiger charge is -1.66. The van der Waals surface area contributed by atoms with Crippen molar-refractivity contribution in [1.82, 2.24) is 10.2 Å². The highest BCUT2D eigenvalue weighted by atomic mass is 32.2. The largest absolute Gasteiger partial charge is 0.171 e. The Morgan fingerprint density at radius 2 is 2.38 bits per heavy atom. The Balaban J connectivity index is 3.00. The van der Waals surface area contributed by atoms with Crippen molar-refractivity contribution in [1.29, 1.82) is 0 Å². The second kappa shape index (κ2) is 2.52. The third kappa shape index (κ3) is 1.24. The van der Waals surface area contributed by atoms with Crippen LogP contribution in [0.3, 0.4) is 0 Å². The van der Waals surface area contributed by atoms with Gasteiger partial charge in [-0.2, -0.15) is 0 Å². The second-order valence-corrected chi connectivity index (χ2v) is 3.01. The molecule has 5 heteroatoms. The Morgan fingerprint density at radius 1 is 1.62 bits per heavy atom. The Morgan fingerprint density at radius 3 is 2.62 bits per heavy atom. The predicted octanol–water partition coefficient (Wildman–Crippen LogP) is 1.17. The minimum Gasteiger partial charge on any atom is -0.137 e. The molecule has 1 rings (SSSR count). The molecule has 0 amide bonds. The molecule has 0 saturated carbocycles. The molecule has 0 bridgehead atoms. The Hall–Kier alpha value is -0.0000000000000000833. The van der Waals surface area contributed by atoms with Gasteiger partial charge >= 0.3 is 0 Å². The number of hydrogen-bond acceptors (Lipinski definition) is 5. The molecule has 0 aliphatic carbocycles. The second-order valence-electron chi connectivity index (χ2n) is 1.04. The molecule has 1 aromatic rings. The number of rotatable bonds is 1. The highest BCUT2D eigenvalue weighted by molar-refractivity contribution is 7.83. The van der Waals surface area contributed by atoms with Gasteiger partial charge in [-0.15, -0.1) is 22.8 Å². The van der Waals surface area contributed by atoms with Crippen LogP contribution in [-0.4, -0.2) is 15.6 Å². The van der Waals surface area contributed by atoms with Gasteiger partial charge < -0.3 is 0 Å². The predicted molar refractivity (Wildman–Crippen MR) is 39.9 cm³/mol. The summed E-state index contributed by atoms with van der Waals surface area (Å²) in [5, 5.41) is 9.51. The summed E-state index contributed by atoms with van der Waals surface area (Å²) < 4.78 is 0.654. The van der Waals surface area contributed by atoms with Gasteiger partial charge in [0.05, 0.1) is 0 Å². The van der Waals surface area contributed by atoms with Crippen molar-refractivity contribution in [2.24, 2.45) is 0 Å². The molecule has 0 aliphatic rings. The number of hydrogen-bond donors (Lipinski definition) is 1. The fraction of sp³-hybridized carbons (Fsp3) is 0. The van der Waals surface area contributed by atoms with Gasteiger partial charge in [0.25, 0.3) is 0 Å². The number of thiol groups is 1. The van der Waals surface area contributed by atoms with Crippen molar-refractivity contribution in [2.45, 2.75) is 4.34 Å². The summed E-state index contributed by atoms with van der Waals surface area (Å²) in [5.41, 5.74) is 0.